The number of piperidine rings is 1. The van der Waals surface area contributed by atoms with Gasteiger partial charge in [0.2, 0.25) is 0 Å². The summed E-state index contributed by atoms with van der Waals surface area (Å²) in [4.78, 5) is 4.88. The first kappa shape index (κ1) is 13.9. The van der Waals surface area contributed by atoms with Crippen LogP contribution in [-0.4, -0.2) is 62.7 Å². The minimum Gasteiger partial charge on any atom is -0.314 e. The molecule has 3 heteroatoms. The van der Waals surface area contributed by atoms with E-state index in [1.165, 1.54) is 39.0 Å². The number of rotatable bonds is 6. The molecule has 1 fully saturated rings. The zero-order valence-electron chi connectivity index (χ0n) is 11.5. The third-order valence-electron chi connectivity index (χ3n) is 3.73. The Balaban J connectivity index is 2.18. The zero-order chi connectivity index (χ0) is 12.0. The Morgan fingerprint density at radius 3 is 2.44 bits per heavy atom. The summed E-state index contributed by atoms with van der Waals surface area (Å²) in [6, 6.07) is 0.695. The normalized spacial score (nSPS) is 21.6. The van der Waals surface area contributed by atoms with E-state index in [2.05, 4.69) is 43.1 Å². The highest BCUT2D eigenvalue weighted by Crippen LogP contribution is 2.20. The second-order valence-electron chi connectivity index (χ2n) is 5.33. The van der Waals surface area contributed by atoms with Crippen molar-refractivity contribution in [3.8, 4) is 0 Å². The van der Waals surface area contributed by atoms with Crippen LogP contribution in [0, 0.1) is 5.92 Å². The Morgan fingerprint density at radius 1 is 1.31 bits per heavy atom. The van der Waals surface area contributed by atoms with E-state index in [1.54, 1.807) is 0 Å². The van der Waals surface area contributed by atoms with Crippen molar-refractivity contribution < 1.29 is 0 Å². The molecule has 0 spiro atoms. The van der Waals surface area contributed by atoms with Crippen molar-refractivity contribution in [3.05, 3.63) is 0 Å². The fourth-order valence-electron chi connectivity index (χ4n) is 2.51. The molecule has 0 saturated carbocycles. The van der Waals surface area contributed by atoms with Gasteiger partial charge in [-0.2, -0.15) is 0 Å². The van der Waals surface area contributed by atoms with Crippen LogP contribution in [0.2, 0.25) is 0 Å². The van der Waals surface area contributed by atoms with E-state index in [0.717, 1.165) is 12.5 Å². The van der Waals surface area contributed by atoms with Crippen molar-refractivity contribution in [2.45, 2.75) is 32.7 Å². The molecule has 16 heavy (non-hydrogen) atoms. The quantitative estimate of drug-likeness (QED) is 0.737. The molecule has 1 aliphatic rings. The van der Waals surface area contributed by atoms with E-state index >= 15 is 0 Å². The summed E-state index contributed by atoms with van der Waals surface area (Å²) < 4.78 is 0. The zero-order valence-corrected chi connectivity index (χ0v) is 11.5. The van der Waals surface area contributed by atoms with Gasteiger partial charge in [-0.1, -0.05) is 6.92 Å². The summed E-state index contributed by atoms with van der Waals surface area (Å²) in [6.07, 6.45) is 2.73. The molecule has 0 aliphatic carbocycles. The molecule has 96 valence electrons. The van der Waals surface area contributed by atoms with Crippen LogP contribution in [0.25, 0.3) is 0 Å². The number of nitrogens with one attached hydrogen (secondary N) is 1. The average Bonchev–Trinajstić information content (AvgIpc) is 2.27. The van der Waals surface area contributed by atoms with Crippen LogP contribution in [0.1, 0.15) is 26.7 Å². The Labute approximate surface area is 101 Å². The number of hydrogen-bond donors (Lipinski definition) is 1. The number of hydrogen-bond acceptors (Lipinski definition) is 3. The molecule has 1 atom stereocenters. The summed E-state index contributed by atoms with van der Waals surface area (Å²) >= 11 is 0. The molecule has 0 radical (unpaired) electrons. The first-order valence-electron chi connectivity index (χ1n) is 6.74. The van der Waals surface area contributed by atoms with Gasteiger partial charge in [-0.05, 0) is 59.4 Å². The molecule has 0 aromatic rings. The van der Waals surface area contributed by atoms with Gasteiger partial charge in [0.25, 0.3) is 0 Å². The Bertz CT molecular complexity index is 174. The fourth-order valence-corrected chi connectivity index (χ4v) is 2.51. The lowest BCUT2D eigenvalue weighted by atomic mass is 9.90. The molecule has 0 aromatic heterocycles. The summed E-state index contributed by atoms with van der Waals surface area (Å²) in [5.74, 6) is 0.885. The van der Waals surface area contributed by atoms with Crippen LogP contribution >= 0.6 is 0 Å². The van der Waals surface area contributed by atoms with Crippen molar-refractivity contribution >= 4 is 0 Å². The molecule has 3 nitrogen and oxygen atoms in total. The largest absolute Gasteiger partial charge is 0.314 e. The molecule has 1 rings (SSSR count). The van der Waals surface area contributed by atoms with Gasteiger partial charge in [-0.3, -0.25) is 0 Å². The highest BCUT2D eigenvalue weighted by molar-refractivity contribution is 4.79. The Kier molecular flexibility index (Phi) is 6.32. The van der Waals surface area contributed by atoms with E-state index in [-0.39, 0.29) is 0 Å². The predicted octanol–water partition coefficient (Wildman–Crippen LogP) is 1.26. The van der Waals surface area contributed by atoms with E-state index < -0.39 is 0 Å². The van der Waals surface area contributed by atoms with E-state index in [4.69, 9.17) is 0 Å². The molecule has 0 amide bonds. The maximum atomic E-state index is 3.55. The average molecular weight is 227 g/mol. The van der Waals surface area contributed by atoms with Crippen LogP contribution in [0.5, 0.6) is 0 Å². The number of likely N-dealkylation sites (tertiary alicyclic amines) is 1. The van der Waals surface area contributed by atoms with E-state index in [0.29, 0.717) is 6.04 Å². The fraction of sp³-hybridized carbons (Fsp3) is 1.00. The monoisotopic (exact) mass is 227 g/mol. The summed E-state index contributed by atoms with van der Waals surface area (Å²) in [7, 11) is 4.31. The van der Waals surface area contributed by atoms with Crippen molar-refractivity contribution in [2.75, 3.05) is 46.8 Å². The molecule has 1 unspecified atom stereocenters. The Morgan fingerprint density at radius 2 is 1.94 bits per heavy atom. The first-order chi connectivity index (χ1) is 7.63. The lowest BCUT2D eigenvalue weighted by Gasteiger charge is -2.35. The highest BCUT2D eigenvalue weighted by Gasteiger charge is 2.22. The lowest BCUT2D eigenvalue weighted by Crippen LogP contribution is -2.43. The van der Waals surface area contributed by atoms with Gasteiger partial charge in [0.15, 0.2) is 0 Å². The Hall–Kier alpha value is -0.120. The van der Waals surface area contributed by atoms with Crippen LogP contribution in [-0.2, 0) is 0 Å². The van der Waals surface area contributed by atoms with Crippen molar-refractivity contribution in [1.82, 2.24) is 15.1 Å². The van der Waals surface area contributed by atoms with Crippen molar-refractivity contribution in [3.63, 3.8) is 0 Å². The SMILES string of the molecule is CCNC(C)C1CCN(CCN(C)C)CC1. The van der Waals surface area contributed by atoms with Gasteiger partial charge < -0.3 is 15.1 Å². The molecule has 1 heterocycles. The minimum absolute atomic E-state index is 0.695. The standard InChI is InChI=1S/C13H29N3/c1-5-14-12(2)13-6-8-16(9-7-13)11-10-15(3)4/h12-14H,5-11H2,1-4H3. The van der Waals surface area contributed by atoms with Gasteiger partial charge in [0.1, 0.15) is 0 Å². The van der Waals surface area contributed by atoms with E-state index in [9.17, 15) is 0 Å². The topological polar surface area (TPSA) is 18.5 Å². The number of likely N-dealkylation sites (N-methyl/N-ethyl adjacent to an activating group) is 1. The minimum atomic E-state index is 0.695. The second-order valence-corrected chi connectivity index (χ2v) is 5.33. The first-order valence-corrected chi connectivity index (χ1v) is 6.74. The van der Waals surface area contributed by atoms with Crippen LogP contribution in [0.15, 0.2) is 0 Å². The van der Waals surface area contributed by atoms with E-state index in [1.807, 2.05) is 0 Å². The van der Waals surface area contributed by atoms with Gasteiger partial charge >= 0.3 is 0 Å². The molecule has 0 aromatic carbocycles. The highest BCUT2D eigenvalue weighted by atomic mass is 15.2. The predicted molar refractivity (Wildman–Crippen MR) is 70.9 cm³/mol. The third-order valence-corrected chi connectivity index (χ3v) is 3.73. The summed E-state index contributed by atoms with van der Waals surface area (Å²) in [5.41, 5.74) is 0. The van der Waals surface area contributed by atoms with Crippen molar-refractivity contribution in [2.24, 2.45) is 5.92 Å². The maximum Gasteiger partial charge on any atom is 0.0109 e. The molecule has 1 N–H and O–H groups in total. The molecule has 0 bridgehead atoms. The maximum absolute atomic E-state index is 3.55. The van der Waals surface area contributed by atoms with Gasteiger partial charge in [0, 0.05) is 19.1 Å². The van der Waals surface area contributed by atoms with Crippen LogP contribution in [0.4, 0.5) is 0 Å². The second kappa shape index (κ2) is 7.25. The molecule has 1 aliphatic heterocycles. The third kappa shape index (κ3) is 4.81. The van der Waals surface area contributed by atoms with Crippen molar-refractivity contribution in [1.29, 1.82) is 0 Å². The van der Waals surface area contributed by atoms with Gasteiger partial charge in [-0.15, -0.1) is 0 Å². The van der Waals surface area contributed by atoms with Gasteiger partial charge in [0.05, 0.1) is 0 Å². The molecule has 1 saturated heterocycles. The van der Waals surface area contributed by atoms with Gasteiger partial charge in [-0.25, -0.2) is 0 Å². The van der Waals surface area contributed by atoms with Crippen LogP contribution in [0.3, 0.4) is 0 Å². The molecular weight excluding hydrogens is 198 g/mol. The number of nitrogens with zero attached hydrogens (tertiary/aromatic N) is 2. The lowest BCUT2D eigenvalue weighted by molar-refractivity contribution is 0.153. The smallest absolute Gasteiger partial charge is 0.0109 e. The molecular formula is C13H29N3. The summed E-state index contributed by atoms with van der Waals surface area (Å²) in [5, 5.41) is 3.55. The van der Waals surface area contributed by atoms with Crippen LogP contribution < -0.4 is 5.32 Å². The summed E-state index contributed by atoms with van der Waals surface area (Å²) in [6.45, 7) is 10.6.